The highest BCUT2D eigenvalue weighted by molar-refractivity contribution is 7.23. The van der Waals surface area contributed by atoms with Crippen molar-refractivity contribution in [2.75, 3.05) is 13.2 Å². The standard InChI is InChI=1S/C27H27NO3S/c29-21-8-4-19(5-9-21)27-26(24-13-10-22(30)17-25(24)32-27)18-6-11-23(12-7-18)31-16-14-20-3-1-2-15-28-20/h4-13,17,20,28-30H,1-3,14-16H2. The maximum Gasteiger partial charge on any atom is 0.119 e. The van der Waals surface area contributed by atoms with Gasteiger partial charge in [-0.05, 0) is 91.5 Å². The quantitative estimate of drug-likeness (QED) is 0.315. The van der Waals surface area contributed by atoms with Gasteiger partial charge < -0.3 is 20.3 Å². The second-order valence-electron chi connectivity index (χ2n) is 8.34. The summed E-state index contributed by atoms with van der Waals surface area (Å²) in [4.78, 5) is 1.11. The van der Waals surface area contributed by atoms with Crippen LogP contribution in [0.1, 0.15) is 25.7 Å². The number of ether oxygens (including phenoxy) is 1. The molecule has 164 valence electrons. The van der Waals surface area contributed by atoms with Crippen molar-refractivity contribution < 1.29 is 14.9 Å². The summed E-state index contributed by atoms with van der Waals surface area (Å²) >= 11 is 1.65. The zero-order chi connectivity index (χ0) is 21.9. The number of hydrogen-bond donors (Lipinski definition) is 3. The second kappa shape index (κ2) is 9.23. The average molecular weight is 446 g/mol. The second-order valence-corrected chi connectivity index (χ2v) is 9.39. The van der Waals surface area contributed by atoms with Gasteiger partial charge in [0.1, 0.15) is 17.2 Å². The summed E-state index contributed by atoms with van der Waals surface area (Å²) in [5, 5.41) is 24.3. The number of hydrogen-bond acceptors (Lipinski definition) is 5. The van der Waals surface area contributed by atoms with Crippen molar-refractivity contribution in [3.63, 3.8) is 0 Å². The van der Waals surface area contributed by atoms with E-state index in [1.54, 1.807) is 29.5 Å². The van der Waals surface area contributed by atoms with Crippen LogP contribution in [0.4, 0.5) is 0 Å². The fourth-order valence-corrected chi connectivity index (χ4v) is 5.66. The summed E-state index contributed by atoms with van der Waals surface area (Å²) in [6.45, 7) is 1.84. The molecule has 1 unspecified atom stereocenters. The van der Waals surface area contributed by atoms with Crippen LogP contribution in [0.25, 0.3) is 31.7 Å². The van der Waals surface area contributed by atoms with Crippen LogP contribution in [0.3, 0.4) is 0 Å². The Bertz CT molecular complexity index is 1190. The van der Waals surface area contributed by atoms with Gasteiger partial charge in [-0.2, -0.15) is 0 Å². The number of fused-ring (bicyclic) bond motifs is 1. The van der Waals surface area contributed by atoms with Gasteiger partial charge in [0.2, 0.25) is 0 Å². The maximum atomic E-state index is 9.97. The SMILES string of the molecule is Oc1ccc(-c2sc3cc(O)ccc3c2-c2ccc(OCCC3CCCCN3)cc2)cc1. The van der Waals surface area contributed by atoms with E-state index < -0.39 is 0 Å². The van der Waals surface area contributed by atoms with E-state index in [0.717, 1.165) is 57.0 Å². The van der Waals surface area contributed by atoms with E-state index in [2.05, 4.69) is 17.4 Å². The molecule has 1 aliphatic rings. The van der Waals surface area contributed by atoms with Crippen LogP contribution in [0.5, 0.6) is 17.2 Å². The first-order valence-corrected chi connectivity index (χ1v) is 12.0. The number of phenols is 2. The molecule has 4 aromatic rings. The monoisotopic (exact) mass is 445 g/mol. The van der Waals surface area contributed by atoms with E-state index >= 15 is 0 Å². The molecule has 0 saturated carbocycles. The van der Waals surface area contributed by atoms with E-state index in [0.29, 0.717) is 6.04 Å². The van der Waals surface area contributed by atoms with Gasteiger partial charge in [0.15, 0.2) is 0 Å². The first-order chi connectivity index (χ1) is 15.7. The number of nitrogens with one attached hydrogen (secondary N) is 1. The van der Waals surface area contributed by atoms with Gasteiger partial charge in [0.05, 0.1) is 6.61 Å². The third-order valence-electron chi connectivity index (χ3n) is 6.09. The molecule has 1 aliphatic heterocycles. The van der Waals surface area contributed by atoms with Crippen LogP contribution in [-0.2, 0) is 0 Å². The van der Waals surface area contributed by atoms with Crippen molar-refractivity contribution in [1.82, 2.24) is 5.32 Å². The predicted molar refractivity (Wildman–Crippen MR) is 132 cm³/mol. The van der Waals surface area contributed by atoms with Crippen LogP contribution >= 0.6 is 11.3 Å². The summed E-state index contributed by atoms with van der Waals surface area (Å²) in [7, 11) is 0. The fourth-order valence-electron chi connectivity index (χ4n) is 4.40. The Morgan fingerprint density at radius 3 is 2.38 bits per heavy atom. The first-order valence-electron chi connectivity index (χ1n) is 11.2. The summed E-state index contributed by atoms with van der Waals surface area (Å²) in [5.41, 5.74) is 3.28. The fraction of sp³-hybridized carbons (Fsp3) is 0.259. The molecule has 0 bridgehead atoms. The molecule has 2 heterocycles. The number of aromatic hydroxyl groups is 2. The van der Waals surface area contributed by atoms with Crippen LogP contribution in [-0.4, -0.2) is 29.4 Å². The molecule has 3 N–H and O–H groups in total. The zero-order valence-corrected chi connectivity index (χ0v) is 18.7. The van der Waals surface area contributed by atoms with Gasteiger partial charge in [0, 0.05) is 26.6 Å². The van der Waals surface area contributed by atoms with Crippen LogP contribution in [0, 0.1) is 0 Å². The molecule has 1 saturated heterocycles. The molecular weight excluding hydrogens is 418 g/mol. The molecule has 32 heavy (non-hydrogen) atoms. The third-order valence-corrected chi connectivity index (χ3v) is 7.30. The van der Waals surface area contributed by atoms with E-state index in [1.807, 2.05) is 36.4 Å². The van der Waals surface area contributed by atoms with E-state index in [9.17, 15) is 10.2 Å². The number of benzene rings is 3. The molecule has 4 nitrogen and oxygen atoms in total. The Labute approximate surface area is 192 Å². The molecule has 5 rings (SSSR count). The Morgan fingerprint density at radius 1 is 0.875 bits per heavy atom. The molecule has 1 aromatic heterocycles. The third kappa shape index (κ3) is 4.45. The van der Waals surface area contributed by atoms with Gasteiger partial charge in [-0.3, -0.25) is 0 Å². The molecule has 1 fully saturated rings. The van der Waals surface area contributed by atoms with Crippen LogP contribution in [0.15, 0.2) is 66.7 Å². The van der Waals surface area contributed by atoms with Crippen LogP contribution in [0.2, 0.25) is 0 Å². The maximum absolute atomic E-state index is 9.97. The lowest BCUT2D eigenvalue weighted by Crippen LogP contribution is -2.35. The molecule has 1 atom stereocenters. The van der Waals surface area contributed by atoms with Crippen molar-refractivity contribution in [3.8, 4) is 38.8 Å². The molecule has 0 aliphatic carbocycles. The minimum absolute atomic E-state index is 0.249. The molecule has 0 radical (unpaired) electrons. The average Bonchev–Trinajstić information content (AvgIpc) is 3.19. The zero-order valence-electron chi connectivity index (χ0n) is 17.9. The molecule has 3 aromatic carbocycles. The minimum Gasteiger partial charge on any atom is -0.508 e. The van der Waals surface area contributed by atoms with Crippen LogP contribution < -0.4 is 10.1 Å². The lowest BCUT2D eigenvalue weighted by Gasteiger charge is -2.23. The van der Waals surface area contributed by atoms with E-state index in [4.69, 9.17) is 4.74 Å². The largest absolute Gasteiger partial charge is 0.508 e. The van der Waals surface area contributed by atoms with Crippen molar-refractivity contribution in [3.05, 3.63) is 66.7 Å². The molecular formula is C27H27NO3S. The van der Waals surface area contributed by atoms with Crippen molar-refractivity contribution in [2.24, 2.45) is 0 Å². The van der Waals surface area contributed by atoms with Gasteiger partial charge in [0.25, 0.3) is 0 Å². The van der Waals surface area contributed by atoms with Gasteiger partial charge in [-0.1, -0.05) is 18.6 Å². The molecule has 5 heteroatoms. The van der Waals surface area contributed by atoms with Gasteiger partial charge in [-0.25, -0.2) is 0 Å². The summed E-state index contributed by atoms with van der Waals surface area (Å²) < 4.78 is 7.05. The van der Waals surface area contributed by atoms with Crippen molar-refractivity contribution >= 4 is 21.4 Å². The predicted octanol–water partition coefficient (Wildman–Crippen LogP) is 6.56. The Morgan fingerprint density at radius 2 is 1.62 bits per heavy atom. The summed E-state index contributed by atoms with van der Waals surface area (Å²) in [5.74, 6) is 1.39. The lowest BCUT2D eigenvalue weighted by atomic mass is 9.98. The topological polar surface area (TPSA) is 61.7 Å². The number of rotatable bonds is 6. The Hall–Kier alpha value is -3.02. The lowest BCUT2D eigenvalue weighted by molar-refractivity contribution is 0.268. The molecule has 0 amide bonds. The van der Waals surface area contributed by atoms with E-state index in [1.165, 1.54) is 19.3 Å². The summed E-state index contributed by atoms with van der Waals surface area (Å²) in [6, 6.07) is 21.6. The van der Waals surface area contributed by atoms with Gasteiger partial charge >= 0.3 is 0 Å². The van der Waals surface area contributed by atoms with Crippen molar-refractivity contribution in [2.45, 2.75) is 31.7 Å². The number of thiophene rings is 1. The van der Waals surface area contributed by atoms with Gasteiger partial charge in [-0.15, -0.1) is 11.3 Å². The minimum atomic E-state index is 0.249. The highest BCUT2D eigenvalue weighted by atomic mass is 32.1. The number of phenolic OH excluding ortho intramolecular Hbond substituents is 2. The number of piperidine rings is 1. The Balaban J connectivity index is 1.42. The highest BCUT2D eigenvalue weighted by Gasteiger charge is 2.17. The molecule has 0 spiro atoms. The van der Waals surface area contributed by atoms with E-state index in [-0.39, 0.29) is 11.5 Å². The highest BCUT2D eigenvalue weighted by Crippen LogP contribution is 2.46. The van der Waals surface area contributed by atoms with Crippen molar-refractivity contribution in [1.29, 1.82) is 0 Å². The normalized spacial score (nSPS) is 16.3. The smallest absolute Gasteiger partial charge is 0.119 e. The first kappa shape index (κ1) is 20.9. The Kier molecular flexibility index (Phi) is 6.02. The summed E-state index contributed by atoms with van der Waals surface area (Å²) in [6.07, 6.45) is 4.86.